The Kier molecular flexibility index (Phi) is 14.3. The highest BCUT2D eigenvalue weighted by molar-refractivity contribution is 6.00. The fraction of sp³-hybridized carbons (Fsp3) is 0.310. The first-order chi connectivity index (χ1) is 37.0. The van der Waals surface area contributed by atoms with Crippen molar-refractivity contribution in [2.75, 3.05) is 73.1 Å². The van der Waals surface area contributed by atoms with Crippen LogP contribution < -0.4 is 40.2 Å². The van der Waals surface area contributed by atoms with E-state index in [1.165, 1.54) is 0 Å². The molecule has 400 valence electrons. The van der Waals surface area contributed by atoms with Crippen molar-refractivity contribution < 1.29 is 28.9 Å². The number of benzene rings is 4. The van der Waals surface area contributed by atoms with Crippen LogP contribution >= 0.6 is 0 Å². The first-order valence-corrected chi connectivity index (χ1v) is 25.1. The van der Waals surface area contributed by atoms with Crippen LogP contribution in [0.25, 0.3) is 44.1 Å². The predicted molar refractivity (Wildman–Crippen MR) is 300 cm³/mol. The average molecular weight is 1050 g/mol. The van der Waals surface area contributed by atoms with Gasteiger partial charge in [-0.25, -0.2) is 9.59 Å². The minimum Gasteiger partial charge on any atom is -0.482 e. The first-order valence-electron chi connectivity index (χ1n) is 25.1. The highest BCUT2D eigenvalue weighted by atomic mass is 16.6. The summed E-state index contributed by atoms with van der Waals surface area (Å²) in [5.41, 5.74) is 11.2. The number of aliphatic carboxylic acids is 1. The van der Waals surface area contributed by atoms with Gasteiger partial charge >= 0.3 is 11.9 Å². The molecule has 20 heteroatoms. The zero-order valence-corrected chi connectivity index (χ0v) is 45.5. The molecular formula is C58H60N12O8. The van der Waals surface area contributed by atoms with Gasteiger partial charge in [-0.2, -0.15) is 20.7 Å². The molecule has 78 heavy (non-hydrogen) atoms. The maximum absolute atomic E-state index is 12.9. The smallest absolute Gasteiger partial charge is 0.344 e. The second-order valence-electron chi connectivity index (χ2n) is 20.6. The quantitative estimate of drug-likeness (QED) is 0.130. The second kappa shape index (κ2) is 20.9. The van der Waals surface area contributed by atoms with E-state index in [-0.39, 0.29) is 17.7 Å². The molecule has 0 radical (unpaired) electrons. The molecule has 10 rings (SSSR count). The highest BCUT2D eigenvalue weighted by Gasteiger charge is 2.29. The molecule has 4 aromatic heterocycles. The van der Waals surface area contributed by atoms with E-state index in [2.05, 4.69) is 41.9 Å². The number of anilines is 6. The van der Waals surface area contributed by atoms with Gasteiger partial charge in [-0.15, -0.1) is 0 Å². The number of esters is 1. The molecule has 0 fully saturated rings. The van der Waals surface area contributed by atoms with E-state index in [0.29, 0.717) is 64.4 Å². The van der Waals surface area contributed by atoms with E-state index in [1.54, 1.807) is 97.8 Å². The number of fused-ring (bicyclic) bond motifs is 4. The molecule has 6 heterocycles. The van der Waals surface area contributed by atoms with Crippen molar-refractivity contribution in [3.05, 3.63) is 128 Å². The topological polar surface area (TPSA) is 222 Å². The largest absolute Gasteiger partial charge is 0.482 e. The molecule has 0 amide bonds. The summed E-state index contributed by atoms with van der Waals surface area (Å²) in [4.78, 5) is 57.7. The lowest BCUT2D eigenvalue weighted by Crippen LogP contribution is -2.37. The minimum atomic E-state index is -1.09. The van der Waals surface area contributed by atoms with Crippen LogP contribution in [0.5, 0.6) is 11.5 Å². The van der Waals surface area contributed by atoms with E-state index in [9.17, 15) is 29.7 Å². The molecule has 0 spiro atoms. The second-order valence-corrected chi connectivity index (χ2v) is 20.6. The molecule has 20 nitrogen and oxygen atoms in total. The third kappa shape index (κ3) is 10.4. The van der Waals surface area contributed by atoms with Gasteiger partial charge in [0.25, 0.3) is 11.1 Å². The summed E-state index contributed by atoms with van der Waals surface area (Å²) >= 11 is 0. The van der Waals surface area contributed by atoms with Crippen LogP contribution in [0.15, 0.2) is 95.0 Å². The molecular weight excluding hydrogens is 993 g/mol. The number of aromatic nitrogens is 6. The zero-order valence-electron chi connectivity index (χ0n) is 45.5. The number of aryl methyl sites for hydroxylation is 6. The first kappa shape index (κ1) is 53.3. The van der Waals surface area contributed by atoms with Gasteiger partial charge in [-0.05, 0) is 71.0 Å². The maximum atomic E-state index is 12.9. The number of carboxylic acid groups (broad SMARTS) is 1. The lowest BCUT2D eigenvalue weighted by molar-refractivity contribution is -0.157. The summed E-state index contributed by atoms with van der Waals surface area (Å²) in [5, 5.41) is 39.5. The molecule has 1 N–H and O–H groups in total. The van der Waals surface area contributed by atoms with Crippen LogP contribution in [0.3, 0.4) is 0 Å². The molecule has 0 unspecified atom stereocenters. The number of carbonyl (C=O) groups excluding carboxylic acids is 1. The summed E-state index contributed by atoms with van der Waals surface area (Å²) < 4.78 is 23.4. The van der Waals surface area contributed by atoms with Gasteiger partial charge < -0.3 is 48.1 Å². The molecule has 0 bridgehead atoms. The lowest BCUT2D eigenvalue weighted by atomic mass is 9.98. The fourth-order valence-corrected chi connectivity index (χ4v) is 10.1. The number of nitriles is 2. The summed E-state index contributed by atoms with van der Waals surface area (Å²) in [6, 6.07) is 23.4. The summed E-state index contributed by atoms with van der Waals surface area (Å²) in [5.74, 6) is -0.795. The van der Waals surface area contributed by atoms with Gasteiger partial charge in [-0.3, -0.25) is 19.0 Å². The Bertz CT molecular complexity index is 3940. The summed E-state index contributed by atoms with van der Waals surface area (Å²) in [6.07, 6.45) is 7.27. The van der Waals surface area contributed by atoms with Crippen molar-refractivity contribution in [1.82, 2.24) is 28.7 Å². The van der Waals surface area contributed by atoms with Crippen LogP contribution in [-0.4, -0.2) is 105 Å². The van der Waals surface area contributed by atoms with Crippen molar-refractivity contribution in [3.8, 4) is 45.9 Å². The Balaban J connectivity index is 0.000000191. The third-order valence-corrected chi connectivity index (χ3v) is 13.9. The molecule has 0 saturated heterocycles. The number of ether oxygens (including phenoxy) is 3. The van der Waals surface area contributed by atoms with Crippen LogP contribution in [0.1, 0.15) is 43.0 Å². The Morgan fingerprint density at radius 3 is 1.38 bits per heavy atom. The van der Waals surface area contributed by atoms with Crippen molar-refractivity contribution in [2.45, 2.75) is 40.2 Å². The summed E-state index contributed by atoms with van der Waals surface area (Å²) in [7, 11) is 11.1. The fourth-order valence-electron chi connectivity index (χ4n) is 10.1. The summed E-state index contributed by atoms with van der Waals surface area (Å²) in [6.45, 7) is 10.9. The molecule has 8 aromatic rings. The zero-order chi connectivity index (χ0) is 56.1. The molecule has 0 atom stereocenters. The minimum absolute atomic E-state index is 0.112. The number of nitrogens with zero attached hydrogens (tertiary/aromatic N) is 12. The number of hydrogen-bond acceptors (Lipinski definition) is 15. The lowest BCUT2D eigenvalue weighted by Gasteiger charge is -2.38. The van der Waals surface area contributed by atoms with Gasteiger partial charge in [0.05, 0.1) is 80.8 Å². The number of likely N-dealkylation sites (N-methyl/N-ethyl adjacent to an activating group) is 2. The Labute approximate surface area is 450 Å². The number of carbonyl (C=O) groups is 2. The number of pyridine rings is 2. The standard InChI is InChI=1S/C31H34N6O4.C27H26N6O4/c1-19-10-24-25(36(7)30(19)39)12-22(40-18-29(38)41-31(2,3)4)13-26(24)37-9-8-34(5)27-14-23(20(15-32)11-28(27)37)21-16-33-35(6)17-21;1-16-7-21-22(32(4)27(16)36)9-19(37-15-26(34)35)10-23(21)33-6-5-30(2)24-11-20(17(12-28)8-25(24)33)18-13-29-31(3)14-18/h10-14,16-17H,8-9,18H2,1-7H3;7-11,13-14H,5-6,15H2,1-4H3,(H,34,35). The maximum Gasteiger partial charge on any atom is 0.344 e. The van der Waals surface area contributed by atoms with Gasteiger partial charge in [0.15, 0.2) is 13.2 Å². The monoisotopic (exact) mass is 1050 g/mol. The van der Waals surface area contributed by atoms with Crippen LogP contribution in [0.2, 0.25) is 0 Å². The van der Waals surface area contributed by atoms with Crippen LogP contribution in [-0.2, 0) is 42.5 Å². The molecule has 2 aliphatic rings. The normalized spacial score (nSPS) is 13.1. The average Bonchev–Trinajstić information content (AvgIpc) is 4.19. The van der Waals surface area contributed by atoms with E-state index in [1.807, 2.05) is 83.0 Å². The number of hydrogen-bond donors (Lipinski definition) is 1. The number of rotatable bonds is 10. The third-order valence-electron chi connectivity index (χ3n) is 13.9. The molecule has 0 saturated carbocycles. The molecule has 2 aliphatic heterocycles. The van der Waals surface area contributed by atoms with Crippen molar-refractivity contribution in [1.29, 1.82) is 10.5 Å². The van der Waals surface area contributed by atoms with Crippen molar-refractivity contribution in [3.63, 3.8) is 0 Å². The Hall–Kier alpha value is -9.56. The Morgan fingerprint density at radius 1 is 0.590 bits per heavy atom. The van der Waals surface area contributed by atoms with Crippen LogP contribution in [0.4, 0.5) is 34.1 Å². The van der Waals surface area contributed by atoms with Gasteiger partial charge in [0, 0.05) is 149 Å². The van der Waals surface area contributed by atoms with Crippen molar-refractivity contribution in [2.24, 2.45) is 28.2 Å². The molecule has 4 aromatic carbocycles. The van der Waals surface area contributed by atoms with E-state index >= 15 is 0 Å². The predicted octanol–water partition coefficient (Wildman–Crippen LogP) is 7.60. The van der Waals surface area contributed by atoms with E-state index < -0.39 is 24.1 Å². The Morgan fingerprint density at radius 2 is 1.01 bits per heavy atom. The van der Waals surface area contributed by atoms with Gasteiger partial charge in [0.2, 0.25) is 0 Å². The van der Waals surface area contributed by atoms with Crippen molar-refractivity contribution >= 4 is 67.9 Å². The van der Waals surface area contributed by atoms with E-state index in [0.717, 1.165) is 73.7 Å². The van der Waals surface area contributed by atoms with Crippen LogP contribution in [0, 0.1) is 36.5 Å². The molecule has 0 aliphatic carbocycles. The number of carboxylic acids is 1. The van der Waals surface area contributed by atoms with E-state index in [4.69, 9.17) is 19.3 Å². The highest BCUT2D eigenvalue weighted by Crippen LogP contribution is 2.46. The van der Waals surface area contributed by atoms with Gasteiger partial charge in [-0.1, -0.05) is 0 Å². The SMILES string of the molecule is Cc1cc2c(N3CCN(C)c4cc(-c5cnn(C)c5)c(C#N)cc43)cc(OCC(=O)O)cc2n(C)c1=O.Cc1cc2c(N3CCN(C)c4cc(-c5cnn(C)c5)c(C#N)cc43)cc(OCC(=O)OC(C)(C)C)cc2n(C)c1=O. The van der Waals surface area contributed by atoms with Gasteiger partial charge in [0.1, 0.15) is 17.1 Å².